The fourth-order valence-electron chi connectivity index (χ4n) is 1.54. The zero-order valence-corrected chi connectivity index (χ0v) is 10.0. The molecule has 1 heterocycles. The standard InChI is InChI=1S/C11H12BrN3/c1-13-7-9-6-10(12)2-3-11(9)15-5-4-14-8-15/h2-6,8,13H,7H2,1H3. The van der Waals surface area contributed by atoms with Crippen molar-refractivity contribution in [3.05, 3.63) is 47.0 Å². The summed E-state index contributed by atoms with van der Waals surface area (Å²) in [7, 11) is 1.94. The van der Waals surface area contributed by atoms with Crippen LogP contribution in [0.1, 0.15) is 5.56 Å². The van der Waals surface area contributed by atoms with Crippen molar-refractivity contribution in [1.29, 1.82) is 0 Å². The summed E-state index contributed by atoms with van der Waals surface area (Å²) in [6.45, 7) is 0.840. The zero-order chi connectivity index (χ0) is 10.7. The van der Waals surface area contributed by atoms with Crippen LogP contribution in [0.5, 0.6) is 0 Å². The third-order valence-corrected chi connectivity index (χ3v) is 2.68. The summed E-state index contributed by atoms with van der Waals surface area (Å²) in [5, 5.41) is 3.16. The molecular formula is C11H12BrN3. The Hall–Kier alpha value is -1.13. The molecule has 1 aromatic carbocycles. The quantitative estimate of drug-likeness (QED) is 0.924. The van der Waals surface area contributed by atoms with Crippen molar-refractivity contribution in [2.75, 3.05) is 7.05 Å². The first-order chi connectivity index (χ1) is 7.31. The number of benzene rings is 1. The van der Waals surface area contributed by atoms with E-state index in [1.165, 1.54) is 5.56 Å². The molecule has 0 fully saturated rings. The molecular weight excluding hydrogens is 254 g/mol. The number of nitrogens with zero attached hydrogens (tertiary/aromatic N) is 2. The molecule has 2 rings (SSSR count). The van der Waals surface area contributed by atoms with Crippen LogP contribution < -0.4 is 5.32 Å². The summed E-state index contributed by atoms with van der Waals surface area (Å²) < 4.78 is 3.11. The zero-order valence-electron chi connectivity index (χ0n) is 8.44. The van der Waals surface area contributed by atoms with Crippen LogP contribution in [-0.2, 0) is 6.54 Å². The van der Waals surface area contributed by atoms with Gasteiger partial charge in [0.15, 0.2) is 0 Å². The Morgan fingerprint density at radius 2 is 2.33 bits per heavy atom. The lowest BCUT2D eigenvalue weighted by molar-refractivity contribution is 0.807. The Balaban J connectivity index is 2.46. The van der Waals surface area contributed by atoms with Gasteiger partial charge in [0.05, 0.1) is 12.0 Å². The van der Waals surface area contributed by atoms with Gasteiger partial charge in [-0.2, -0.15) is 0 Å². The van der Waals surface area contributed by atoms with Gasteiger partial charge >= 0.3 is 0 Å². The lowest BCUT2D eigenvalue weighted by Crippen LogP contribution is -2.08. The van der Waals surface area contributed by atoms with Gasteiger partial charge in [-0.25, -0.2) is 4.98 Å². The van der Waals surface area contributed by atoms with Gasteiger partial charge < -0.3 is 9.88 Å². The van der Waals surface area contributed by atoms with E-state index in [1.807, 2.05) is 30.2 Å². The van der Waals surface area contributed by atoms with Crippen LogP contribution >= 0.6 is 15.9 Å². The molecule has 78 valence electrons. The van der Waals surface area contributed by atoms with E-state index >= 15 is 0 Å². The van der Waals surface area contributed by atoms with E-state index in [0.717, 1.165) is 16.7 Å². The summed E-state index contributed by atoms with van der Waals surface area (Å²) in [5.41, 5.74) is 2.40. The lowest BCUT2D eigenvalue weighted by Gasteiger charge is -2.10. The lowest BCUT2D eigenvalue weighted by atomic mass is 10.2. The van der Waals surface area contributed by atoms with Crippen LogP contribution in [-0.4, -0.2) is 16.6 Å². The molecule has 0 aliphatic carbocycles. The maximum atomic E-state index is 4.05. The average Bonchev–Trinajstić information content (AvgIpc) is 2.71. The molecule has 2 aromatic rings. The van der Waals surface area contributed by atoms with Crippen LogP contribution in [0.15, 0.2) is 41.4 Å². The summed E-state index contributed by atoms with van der Waals surface area (Å²) in [6, 6.07) is 6.23. The third kappa shape index (κ3) is 2.27. The normalized spacial score (nSPS) is 10.5. The Bertz CT molecular complexity index is 437. The molecule has 15 heavy (non-hydrogen) atoms. The van der Waals surface area contributed by atoms with E-state index in [1.54, 1.807) is 6.20 Å². The summed E-state index contributed by atoms with van der Waals surface area (Å²) in [4.78, 5) is 4.05. The Morgan fingerprint density at radius 1 is 1.47 bits per heavy atom. The number of rotatable bonds is 3. The van der Waals surface area contributed by atoms with Gasteiger partial charge in [0.1, 0.15) is 0 Å². The molecule has 0 aliphatic heterocycles. The smallest absolute Gasteiger partial charge is 0.0991 e. The van der Waals surface area contributed by atoms with E-state index in [2.05, 4.69) is 38.4 Å². The first-order valence-electron chi connectivity index (χ1n) is 4.72. The molecule has 0 amide bonds. The maximum Gasteiger partial charge on any atom is 0.0991 e. The average molecular weight is 266 g/mol. The van der Waals surface area contributed by atoms with E-state index in [-0.39, 0.29) is 0 Å². The summed E-state index contributed by atoms with van der Waals surface area (Å²) in [6.07, 6.45) is 5.54. The minimum Gasteiger partial charge on any atom is -0.316 e. The van der Waals surface area contributed by atoms with E-state index in [4.69, 9.17) is 0 Å². The minimum atomic E-state index is 0.840. The number of nitrogens with one attached hydrogen (secondary N) is 1. The summed E-state index contributed by atoms with van der Waals surface area (Å²) in [5.74, 6) is 0. The second-order valence-corrected chi connectivity index (χ2v) is 4.19. The maximum absolute atomic E-state index is 4.05. The molecule has 0 bridgehead atoms. The fourth-order valence-corrected chi connectivity index (χ4v) is 1.95. The molecule has 0 unspecified atom stereocenters. The van der Waals surface area contributed by atoms with E-state index < -0.39 is 0 Å². The predicted octanol–water partition coefficient (Wildman–Crippen LogP) is 2.35. The molecule has 1 N–H and O–H groups in total. The molecule has 0 saturated carbocycles. The Morgan fingerprint density at radius 3 is 3.00 bits per heavy atom. The van der Waals surface area contributed by atoms with Gasteiger partial charge in [-0.3, -0.25) is 0 Å². The minimum absolute atomic E-state index is 0.840. The molecule has 4 heteroatoms. The largest absolute Gasteiger partial charge is 0.316 e. The fraction of sp³-hybridized carbons (Fsp3) is 0.182. The van der Waals surface area contributed by atoms with Crippen molar-refractivity contribution in [2.45, 2.75) is 6.54 Å². The monoisotopic (exact) mass is 265 g/mol. The second-order valence-electron chi connectivity index (χ2n) is 3.27. The van der Waals surface area contributed by atoms with Crippen molar-refractivity contribution in [3.63, 3.8) is 0 Å². The number of halogens is 1. The molecule has 0 aliphatic rings. The van der Waals surface area contributed by atoms with Crippen LogP contribution in [0, 0.1) is 0 Å². The third-order valence-electron chi connectivity index (χ3n) is 2.19. The van der Waals surface area contributed by atoms with Crippen molar-refractivity contribution in [3.8, 4) is 5.69 Å². The topological polar surface area (TPSA) is 29.9 Å². The van der Waals surface area contributed by atoms with Gasteiger partial charge in [0, 0.05) is 23.4 Å². The molecule has 0 radical (unpaired) electrons. The number of hydrogen-bond acceptors (Lipinski definition) is 2. The SMILES string of the molecule is CNCc1cc(Br)ccc1-n1ccnc1. The van der Waals surface area contributed by atoms with Gasteiger partial charge in [0.25, 0.3) is 0 Å². The van der Waals surface area contributed by atoms with Crippen molar-refractivity contribution >= 4 is 15.9 Å². The van der Waals surface area contributed by atoms with Crippen LogP contribution in [0.25, 0.3) is 5.69 Å². The Labute approximate surface area is 97.3 Å². The van der Waals surface area contributed by atoms with Crippen LogP contribution in [0.2, 0.25) is 0 Å². The highest BCUT2D eigenvalue weighted by atomic mass is 79.9. The summed E-state index contributed by atoms with van der Waals surface area (Å²) >= 11 is 3.48. The second kappa shape index (κ2) is 4.59. The molecule has 0 spiro atoms. The molecule has 0 atom stereocenters. The number of hydrogen-bond donors (Lipinski definition) is 1. The predicted molar refractivity (Wildman–Crippen MR) is 64.0 cm³/mol. The molecule has 1 aromatic heterocycles. The van der Waals surface area contributed by atoms with Gasteiger partial charge in [0.2, 0.25) is 0 Å². The van der Waals surface area contributed by atoms with E-state index in [9.17, 15) is 0 Å². The van der Waals surface area contributed by atoms with Gasteiger partial charge in [-0.05, 0) is 30.8 Å². The van der Waals surface area contributed by atoms with Gasteiger partial charge in [-0.1, -0.05) is 15.9 Å². The Kier molecular flexibility index (Phi) is 3.18. The number of aromatic nitrogens is 2. The van der Waals surface area contributed by atoms with Crippen molar-refractivity contribution < 1.29 is 0 Å². The first kappa shape index (κ1) is 10.4. The van der Waals surface area contributed by atoms with Crippen molar-refractivity contribution in [2.24, 2.45) is 0 Å². The van der Waals surface area contributed by atoms with Crippen molar-refractivity contribution in [1.82, 2.24) is 14.9 Å². The van der Waals surface area contributed by atoms with Crippen LogP contribution in [0.4, 0.5) is 0 Å². The highest BCUT2D eigenvalue weighted by Crippen LogP contribution is 2.19. The highest BCUT2D eigenvalue weighted by molar-refractivity contribution is 9.10. The van der Waals surface area contributed by atoms with Gasteiger partial charge in [-0.15, -0.1) is 0 Å². The number of imidazole rings is 1. The molecule has 0 saturated heterocycles. The highest BCUT2D eigenvalue weighted by Gasteiger charge is 2.03. The van der Waals surface area contributed by atoms with E-state index in [0.29, 0.717) is 0 Å². The molecule has 3 nitrogen and oxygen atoms in total. The van der Waals surface area contributed by atoms with Crippen LogP contribution in [0.3, 0.4) is 0 Å². The first-order valence-corrected chi connectivity index (χ1v) is 5.52.